The molecule has 1 aliphatic carbocycles. The topological polar surface area (TPSA) is 69.6 Å². The number of carboxylic acids is 1. The summed E-state index contributed by atoms with van der Waals surface area (Å²) in [5.74, 6) is -0.485. The van der Waals surface area contributed by atoms with Gasteiger partial charge in [-0.2, -0.15) is 0 Å². The lowest BCUT2D eigenvalue weighted by atomic mass is 10.0. The minimum absolute atomic E-state index is 0.0705. The average molecular weight is 256 g/mol. The van der Waals surface area contributed by atoms with Gasteiger partial charge in [0.05, 0.1) is 6.42 Å². The van der Waals surface area contributed by atoms with E-state index in [0.29, 0.717) is 12.0 Å². The first-order chi connectivity index (χ1) is 8.21. The van der Waals surface area contributed by atoms with Gasteiger partial charge in [0.15, 0.2) is 0 Å². The van der Waals surface area contributed by atoms with Gasteiger partial charge in [0.2, 0.25) is 0 Å². The van der Waals surface area contributed by atoms with Crippen LogP contribution < -0.4 is 5.32 Å². The van der Waals surface area contributed by atoms with Crippen LogP contribution in [0, 0.1) is 5.92 Å². The standard InChI is InChI=1S/C13H24N2O3/c1-9(2)8-15(10-5-6-10)12(18)14-13(3,4)7-11(16)17/h9-10H,5-8H2,1-4H3,(H,14,18)(H,16,17). The van der Waals surface area contributed by atoms with E-state index in [4.69, 9.17) is 5.11 Å². The smallest absolute Gasteiger partial charge is 0.318 e. The first-order valence-corrected chi connectivity index (χ1v) is 6.52. The summed E-state index contributed by atoms with van der Waals surface area (Å²) in [4.78, 5) is 24.7. The Morgan fingerprint density at radius 1 is 1.39 bits per heavy atom. The summed E-state index contributed by atoms with van der Waals surface area (Å²) in [5.41, 5.74) is -0.715. The zero-order valence-electron chi connectivity index (χ0n) is 11.7. The Balaban J connectivity index is 2.58. The highest BCUT2D eigenvalue weighted by Gasteiger charge is 2.35. The van der Waals surface area contributed by atoms with Gasteiger partial charge in [-0.3, -0.25) is 4.79 Å². The van der Waals surface area contributed by atoms with E-state index < -0.39 is 11.5 Å². The minimum atomic E-state index is -0.901. The second-order valence-corrected chi connectivity index (χ2v) is 6.16. The van der Waals surface area contributed by atoms with Crippen LogP contribution in [0.2, 0.25) is 0 Å². The van der Waals surface area contributed by atoms with Crippen molar-refractivity contribution in [3.8, 4) is 0 Å². The third-order valence-corrected chi connectivity index (χ3v) is 2.85. The Morgan fingerprint density at radius 2 is 1.94 bits per heavy atom. The Morgan fingerprint density at radius 3 is 2.33 bits per heavy atom. The van der Waals surface area contributed by atoms with E-state index in [0.717, 1.165) is 19.4 Å². The number of nitrogens with zero attached hydrogens (tertiary/aromatic N) is 1. The molecule has 0 spiro atoms. The first-order valence-electron chi connectivity index (χ1n) is 6.52. The largest absolute Gasteiger partial charge is 0.481 e. The summed E-state index contributed by atoms with van der Waals surface area (Å²) in [6.45, 7) is 8.34. The number of aliphatic carboxylic acids is 1. The van der Waals surface area contributed by atoms with Crippen molar-refractivity contribution in [3.05, 3.63) is 0 Å². The number of hydrogen-bond donors (Lipinski definition) is 2. The quantitative estimate of drug-likeness (QED) is 0.764. The van der Waals surface area contributed by atoms with Crippen molar-refractivity contribution in [3.63, 3.8) is 0 Å². The van der Waals surface area contributed by atoms with Gasteiger partial charge in [0.25, 0.3) is 0 Å². The van der Waals surface area contributed by atoms with E-state index in [2.05, 4.69) is 19.2 Å². The number of hydrogen-bond acceptors (Lipinski definition) is 2. The summed E-state index contributed by atoms with van der Waals surface area (Å²) in [7, 11) is 0. The number of carboxylic acid groups (broad SMARTS) is 1. The molecule has 0 atom stereocenters. The van der Waals surface area contributed by atoms with Crippen LogP contribution in [0.4, 0.5) is 4.79 Å². The fourth-order valence-electron chi connectivity index (χ4n) is 1.96. The Labute approximate surface area is 109 Å². The summed E-state index contributed by atoms with van der Waals surface area (Å²) in [6.07, 6.45) is 2.04. The molecule has 5 heteroatoms. The lowest BCUT2D eigenvalue weighted by Gasteiger charge is -2.31. The van der Waals surface area contributed by atoms with Gasteiger partial charge in [-0.15, -0.1) is 0 Å². The van der Waals surface area contributed by atoms with Gasteiger partial charge in [0, 0.05) is 18.1 Å². The summed E-state index contributed by atoms with van der Waals surface area (Å²) < 4.78 is 0. The van der Waals surface area contributed by atoms with Crippen molar-refractivity contribution in [2.24, 2.45) is 5.92 Å². The maximum atomic E-state index is 12.2. The molecule has 2 amide bonds. The SMILES string of the molecule is CC(C)CN(C(=O)NC(C)(C)CC(=O)O)C1CC1. The Hall–Kier alpha value is -1.26. The molecule has 5 nitrogen and oxygen atoms in total. The van der Waals surface area contributed by atoms with Crippen molar-refractivity contribution >= 4 is 12.0 Å². The normalized spacial score (nSPS) is 15.6. The zero-order valence-corrected chi connectivity index (χ0v) is 11.7. The van der Waals surface area contributed by atoms with Crippen molar-refractivity contribution in [2.75, 3.05) is 6.54 Å². The van der Waals surface area contributed by atoms with Crippen LogP contribution in [0.5, 0.6) is 0 Å². The Kier molecular flexibility index (Phi) is 4.59. The van der Waals surface area contributed by atoms with Crippen molar-refractivity contribution in [1.29, 1.82) is 0 Å². The number of carbonyl (C=O) groups is 2. The molecule has 0 bridgehead atoms. The molecule has 0 aromatic rings. The first kappa shape index (κ1) is 14.8. The van der Waals surface area contributed by atoms with E-state index in [1.807, 2.05) is 4.90 Å². The Bertz CT molecular complexity index is 322. The summed E-state index contributed by atoms with van der Waals surface area (Å²) in [5, 5.41) is 11.6. The maximum absolute atomic E-state index is 12.2. The van der Waals surface area contributed by atoms with E-state index in [9.17, 15) is 9.59 Å². The van der Waals surface area contributed by atoms with Gasteiger partial charge < -0.3 is 15.3 Å². The zero-order chi connectivity index (χ0) is 13.9. The van der Waals surface area contributed by atoms with Gasteiger partial charge in [-0.05, 0) is 32.6 Å². The molecule has 1 aliphatic rings. The monoisotopic (exact) mass is 256 g/mol. The molecule has 104 valence electrons. The molecule has 1 rings (SSSR count). The third kappa shape index (κ3) is 4.94. The van der Waals surface area contributed by atoms with Crippen LogP contribution in [0.15, 0.2) is 0 Å². The summed E-state index contributed by atoms with van der Waals surface area (Å²) in [6, 6.07) is 0.200. The van der Waals surface area contributed by atoms with E-state index in [1.54, 1.807) is 13.8 Å². The maximum Gasteiger partial charge on any atom is 0.318 e. The molecule has 0 aromatic heterocycles. The van der Waals surface area contributed by atoms with E-state index >= 15 is 0 Å². The van der Waals surface area contributed by atoms with Gasteiger partial charge in [-0.1, -0.05) is 13.8 Å². The highest BCUT2D eigenvalue weighted by molar-refractivity contribution is 5.77. The number of amides is 2. The van der Waals surface area contributed by atoms with E-state index in [1.165, 1.54) is 0 Å². The number of nitrogens with one attached hydrogen (secondary N) is 1. The fourth-order valence-corrected chi connectivity index (χ4v) is 1.96. The van der Waals surface area contributed by atoms with Crippen LogP contribution in [0.25, 0.3) is 0 Å². The van der Waals surface area contributed by atoms with Gasteiger partial charge in [0.1, 0.15) is 0 Å². The molecule has 2 N–H and O–H groups in total. The molecular formula is C13H24N2O3. The van der Waals surface area contributed by atoms with Crippen molar-refractivity contribution in [1.82, 2.24) is 10.2 Å². The highest BCUT2D eigenvalue weighted by Crippen LogP contribution is 2.28. The molecule has 0 saturated heterocycles. The third-order valence-electron chi connectivity index (χ3n) is 2.85. The molecule has 0 aromatic carbocycles. The van der Waals surface area contributed by atoms with Crippen LogP contribution in [0.1, 0.15) is 47.0 Å². The number of urea groups is 1. The molecule has 18 heavy (non-hydrogen) atoms. The molecule has 0 unspecified atom stereocenters. The fraction of sp³-hybridized carbons (Fsp3) is 0.846. The number of carbonyl (C=O) groups excluding carboxylic acids is 1. The molecule has 0 heterocycles. The van der Waals surface area contributed by atoms with Gasteiger partial charge >= 0.3 is 12.0 Å². The second kappa shape index (κ2) is 5.59. The van der Waals surface area contributed by atoms with Crippen LogP contribution in [-0.4, -0.2) is 40.1 Å². The molecule has 1 saturated carbocycles. The predicted octanol–water partition coefficient (Wildman–Crippen LogP) is 2.07. The lowest BCUT2D eigenvalue weighted by Crippen LogP contribution is -2.52. The van der Waals surface area contributed by atoms with Crippen LogP contribution in [0.3, 0.4) is 0 Å². The summed E-state index contributed by atoms with van der Waals surface area (Å²) >= 11 is 0. The highest BCUT2D eigenvalue weighted by atomic mass is 16.4. The molecular weight excluding hydrogens is 232 g/mol. The van der Waals surface area contributed by atoms with Crippen LogP contribution >= 0.6 is 0 Å². The average Bonchev–Trinajstić information content (AvgIpc) is 2.93. The molecule has 0 aliphatic heterocycles. The minimum Gasteiger partial charge on any atom is -0.481 e. The lowest BCUT2D eigenvalue weighted by molar-refractivity contribution is -0.138. The molecule has 1 fully saturated rings. The van der Waals surface area contributed by atoms with Crippen LogP contribution in [-0.2, 0) is 4.79 Å². The van der Waals surface area contributed by atoms with Crippen molar-refractivity contribution in [2.45, 2.75) is 58.5 Å². The van der Waals surface area contributed by atoms with Crippen molar-refractivity contribution < 1.29 is 14.7 Å². The predicted molar refractivity (Wildman–Crippen MR) is 69.4 cm³/mol. The second-order valence-electron chi connectivity index (χ2n) is 6.16. The van der Waals surface area contributed by atoms with E-state index in [-0.39, 0.29) is 12.5 Å². The number of rotatable bonds is 6. The van der Waals surface area contributed by atoms with Gasteiger partial charge in [-0.25, -0.2) is 4.79 Å². The molecule has 0 radical (unpaired) electrons.